The number of hydrogen-bond donors (Lipinski definition) is 1. The lowest BCUT2D eigenvalue weighted by atomic mass is 9.69. The van der Waals surface area contributed by atoms with E-state index in [4.69, 9.17) is 9.15 Å². The van der Waals surface area contributed by atoms with Gasteiger partial charge in [0, 0.05) is 23.4 Å². The lowest BCUT2D eigenvalue weighted by Gasteiger charge is -2.38. The van der Waals surface area contributed by atoms with Crippen LogP contribution in [0.3, 0.4) is 0 Å². The second kappa shape index (κ2) is 8.09. The van der Waals surface area contributed by atoms with E-state index < -0.39 is 5.92 Å². The molecule has 2 aliphatic carbocycles. The number of allylic oxidation sites excluding steroid dienone is 3. The summed E-state index contributed by atoms with van der Waals surface area (Å²) in [6, 6.07) is 3.77. The van der Waals surface area contributed by atoms with Gasteiger partial charge in [-0.1, -0.05) is 26.7 Å². The van der Waals surface area contributed by atoms with Gasteiger partial charge >= 0.3 is 5.97 Å². The van der Waals surface area contributed by atoms with Gasteiger partial charge in [0.1, 0.15) is 17.6 Å². The number of carbonyl (C=O) groups is 2. The Morgan fingerprint density at radius 3 is 2.43 bits per heavy atom. The average molecular weight is 412 g/mol. The van der Waals surface area contributed by atoms with E-state index in [1.54, 1.807) is 0 Å². The molecule has 0 aromatic carbocycles. The van der Waals surface area contributed by atoms with E-state index in [0.717, 1.165) is 49.3 Å². The van der Waals surface area contributed by atoms with Gasteiger partial charge in [0.2, 0.25) is 0 Å². The van der Waals surface area contributed by atoms with E-state index in [1.165, 1.54) is 12.8 Å². The number of ketones is 1. The zero-order chi connectivity index (χ0) is 21.5. The van der Waals surface area contributed by atoms with Crippen molar-refractivity contribution in [2.75, 3.05) is 0 Å². The van der Waals surface area contributed by atoms with Crippen molar-refractivity contribution in [1.82, 2.24) is 5.32 Å². The van der Waals surface area contributed by atoms with E-state index in [0.29, 0.717) is 23.3 Å². The van der Waals surface area contributed by atoms with E-state index in [1.807, 2.05) is 26.0 Å². The highest BCUT2D eigenvalue weighted by atomic mass is 16.5. The number of rotatable bonds is 3. The monoisotopic (exact) mass is 411 g/mol. The number of nitrogens with one attached hydrogen (secondary N) is 1. The average Bonchev–Trinajstić information content (AvgIpc) is 2.91. The molecule has 1 fully saturated rings. The Kier molecular flexibility index (Phi) is 5.65. The molecular formula is C25H33NO4. The van der Waals surface area contributed by atoms with Crippen LogP contribution in [0.25, 0.3) is 0 Å². The van der Waals surface area contributed by atoms with Gasteiger partial charge in [-0.3, -0.25) is 4.79 Å². The molecule has 0 saturated heterocycles. The first-order valence-electron chi connectivity index (χ1n) is 11.3. The standard InChI is InChI=1S/C25H33NO4/c1-15-11-12-20(29-15)23-21(24(28)30-17-9-7-5-6-8-10-17)16(2)26-18-13-25(3,4)14-19(27)22(18)23/h11-12,17,23,26H,5-10,13-14H2,1-4H3. The van der Waals surface area contributed by atoms with Crippen LogP contribution in [0.2, 0.25) is 0 Å². The Labute approximate surface area is 178 Å². The SMILES string of the molecule is CC1=C(C(=O)OC2CCCCCC2)C(c2ccc(C)o2)C2=C(CC(C)(C)CC2=O)N1. The van der Waals surface area contributed by atoms with Crippen molar-refractivity contribution in [3.8, 4) is 0 Å². The quantitative estimate of drug-likeness (QED) is 0.528. The number of esters is 1. The van der Waals surface area contributed by atoms with Crippen LogP contribution < -0.4 is 5.32 Å². The Balaban J connectivity index is 1.71. The molecule has 0 bridgehead atoms. The predicted octanol–water partition coefficient (Wildman–Crippen LogP) is 5.46. The highest BCUT2D eigenvalue weighted by Crippen LogP contribution is 2.47. The van der Waals surface area contributed by atoms with Gasteiger partial charge in [-0.15, -0.1) is 0 Å². The highest BCUT2D eigenvalue weighted by Gasteiger charge is 2.44. The molecule has 1 unspecified atom stereocenters. The van der Waals surface area contributed by atoms with Gasteiger partial charge in [-0.25, -0.2) is 4.79 Å². The Morgan fingerprint density at radius 1 is 1.10 bits per heavy atom. The van der Waals surface area contributed by atoms with Crippen molar-refractivity contribution in [3.05, 3.63) is 46.2 Å². The normalized spacial score (nSPS) is 24.9. The Bertz CT molecular complexity index is 909. The van der Waals surface area contributed by atoms with Gasteiger partial charge < -0.3 is 14.5 Å². The molecule has 1 aliphatic heterocycles. The summed E-state index contributed by atoms with van der Waals surface area (Å²) >= 11 is 0. The molecule has 0 amide bonds. The van der Waals surface area contributed by atoms with Gasteiger partial charge in [0.05, 0.1) is 11.5 Å². The number of hydrogen-bond acceptors (Lipinski definition) is 5. The fourth-order valence-electron chi connectivity index (χ4n) is 5.17. The molecular weight excluding hydrogens is 378 g/mol. The summed E-state index contributed by atoms with van der Waals surface area (Å²) in [4.78, 5) is 26.6. The molecule has 1 atom stereocenters. The van der Waals surface area contributed by atoms with E-state index in [9.17, 15) is 9.59 Å². The van der Waals surface area contributed by atoms with Crippen molar-refractivity contribution in [2.24, 2.45) is 5.41 Å². The van der Waals surface area contributed by atoms with Crippen molar-refractivity contribution in [1.29, 1.82) is 0 Å². The first kappa shape index (κ1) is 21.0. The van der Waals surface area contributed by atoms with Crippen molar-refractivity contribution < 1.29 is 18.7 Å². The van der Waals surface area contributed by atoms with E-state index >= 15 is 0 Å². The van der Waals surface area contributed by atoms with Crippen LogP contribution in [0, 0.1) is 12.3 Å². The second-order valence-corrected chi connectivity index (χ2v) is 9.90. The first-order valence-corrected chi connectivity index (χ1v) is 11.3. The molecule has 3 aliphatic rings. The Morgan fingerprint density at radius 2 is 1.80 bits per heavy atom. The smallest absolute Gasteiger partial charge is 0.337 e. The molecule has 0 radical (unpaired) electrons. The first-order chi connectivity index (χ1) is 14.2. The zero-order valence-corrected chi connectivity index (χ0v) is 18.6. The van der Waals surface area contributed by atoms with E-state index in [2.05, 4.69) is 19.2 Å². The summed E-state index contributed by atoms with van der Waals surface area (Å²) in [5.74, 6) is 0.664. The number of aryl methyl sites for hydroxylation is 1. The van der Waals surface area contributed by atoms with Crippen LogP contribution in [0.5, 0.6) is 0 Å². The zero-order valence-electron chi connectivity index (χ0n) is 18.6. The minimum atomic E-state index is -0.503. The molecule has 30 heavy (non-hydrogen) atoms. The minimum absolute atomic E-state index is 0.0457. The van der Waals surface area contributed by atoms with Crippen LogP contribution in [-0.4, -0.2) is 17.9 Å². The van der Waals surface area contributed by atoms with Gasteiger partial charge in [-0.05, 0) is 63.5 Å². The lowest BCUT2D eigenvalue weighted by Crippen LogP contribution is -2.39. The highest BCUT2D eigenvalue weighted by molar-refractivity contribution is 6.04. The molecule has 1 aromatic rings. The molecule has 4 rings (SSSR count). The lowest BCUT2D eigenvalue weighted by molar-refractivity contribution is -0.145. The van der Waals surface area contributed by atoms with Crippen LogP contribution in [0.1, 0.15) is 89.6 Å². The molecule has 5 heteroatoms. The summed E-state index contributed by atoms with van der Waals surface area (Å²) < 4.78 is 11.9. The number of dihydropyridines is 1. The van der Waals surface area contributed by atoms with E-state index in [-0.39, 0.29) is 23.3 Å². The van der Waals surface area contributed by atoms with Crippen LogP contribution in [0.15, 0.2) is 39.1 Å². The van der Waals surface area contributed by atoms with Crippen LogP contribution >= 0.6 is 0 Å². The molecule has 162 valence electrons. The molecule has 2 heterocycles. The molecule has 1 saturated carbocycles. The van der Waals surface area contributed by atoms with Crippen molar-refractivity contribution >= 4 is 11.8 Å². The maximum atomic E-state index is 13.4. The third kappa shape index (κ3) is 4.12. The molecule has 0 spiro atoms. The fraction of sp³-hybridized carbons (Fsp3) is 0.600. The third-order valence-electron chi connectivity index (χ3n) is 6.58. The summed E-state index contributed by atoms with van der Waals surface area (Å²) in [7, 11) is 0. The maximum Gasteiger partial charge on any atom is 0.337 e. The molecule has 5 nitrogen and oxygen atoms in total. The number of ether oxygens (including phenoxy) is 1. The number of Topliss-reactive ketones (excluding diaryl/α,β-unsaturated/α-hetero) is 1. The third-order valence-corrected chi connectivity index (χ3v) is 6.58. The summed E-state index contributed by atoms with van der Waals surface area (Å²) in [5, 5.41) is 3.39. The predicted molar refractivity (Wildman–Crippen MR) is 115 cm³/mol. The van der Waals surface area contributed by atoms with Crippen molar-refractivity contribution in [3.63, 3.8) is 0 Å². The minimum Gasteiger partial charge on any atom is -0.465 e. The van der Waals surface area contributed by atoms with Crippen molar-refractivity contribution in [2.45, 2.75) is 91.1 Å². The summed E-state index contributed by atoms with van der Waals surface area (Å²) in [5.41, 5.74) is 2.75. The Hall–Kier alpha value is -2.30. The van der Waals surface area contributed by atoms with Crippen LogP contribution in [0.4, 0.5) is 0 Å². The van der Waals surface area contributed by atoms with Gasteiger partial charge in [0.15, 0.2) is 5.78 Å². The summed E-state index contributed by atoms with van der Waals surface area (Å²) in [6.45, 7) is 8.00. The maximum absolute atomic E-state index is 13.4. The van der Waals surface area contributed by atoms with Crippen LogP contribution in [-0.2, 0) is 14.3 Å². The fourth-order valence-corrected chi connectivity index (χ4v) is 5.17. The van der Waals surface area contributed by atoms with Gasteiger partial charge in [0.25, 0.3) is 0 Å². The topological polar surface area (TPSA) is 68.5 Å². The largest absolute Gasteiger partial charge is 0.465 e. The van der Waals surface area contributed by atoms with Gasteiger partial charge in [-0.2, -0.15) is 0 Å². The number of furan rings is 1. The molecule has 1 aromatic heterocycles. The summed E-state index contributed by atoms with van der Waals surface area (Å²) in [6.07, 6.45) is 7.61. The second-order valence-electron chi connectivity index (χ2n) is 9.90. The molecule has 1 N–H and O–H groups in total. The number of carbonyl (C=O) groups excluding carboxylic acids is 2.